The van der Waals surface area contributed by atoms with Gasteiger partial charge in [-0.2, -0.15) is 0 Å². The standard InChI is InChI=1S/C31H28O2/c1-2-30(33)31(19-32,28-15-7-13-24-22-11-5-3-9-20(22)17-26(24)28)29-16-8-14-25-23-12-6-4-10-21(23)18-27(25)29/h3-16,30,32-33H,2,17-19H2,1H3. The van der Waals surface area contributed by atoms with E-state index >= 15 is 0 Å². The summed E-state index contributed by atoms with van der Waals surface area (Å²) in [7, 11) is 0. The summed E-state index contributed by atoms with van der Waals surface area (Å²) in [5, 5.41) is 22.7. The molecule has 0 saturated carbocycles. The number of aliphatic hydroxyl groups excluding tert-OH is 2. The van der Waals surface area contributed by atoms with E-state index in [-0.39, 0.29) is 6.61 Å². The normalized spacial score (nSPS) is 14.4. The van der Waals surface area contributed by atoms with E-state index in [1.165, 1.54) is 44.5 Å². The van der Waals surface area contributed by atoms with Crippen LogP contribution < -0.4 is 0 Å². The van der Waals surface area contributed by atoms with Gasteiger partial charge in [-0.05, 0) is 74.9 Å². The summed E-state index contributed by atoms with van der Waals surface area (Å²) >= 11 is 0. The molecule has 0 aromatic heterocycles. The van der Waals surface area contributed by atoms with Crippen LogP contribution in [0.15, 0.2) is 84.9 Å². The van der Waals surface area contributed by atoms with Crippen LogP contribution in [-0.2, 0) is 18.3 Å². The monoisotopic (exact) mass is 432 g/mol. The van der Waals surface area contributed by atoms with Gasteiger partial charge in [0.25, 0.3) is 0 Å². The minimum atomic E-state index is -0.879. The highest BCUT2D eigenvalue weighted by Crippen LogP contribution is 2.49. The van der Waals surface area contributed by atoms with Crippen LogP contribution in [0.4, 0.5) is 0 Å². The predicted molar refractivity (Wildman–Crippen MR) is 134 cm³/mol. The number of rotatable bonds is 5. The zero-order valence-electron chi connectivity index (χ0n) is 18.9. The van der Waals surface area contributed by atoms with Gasteiger partial charge in [0.1, 0.15) is 0 Å². The highest BCUT2D eigenvalue weighted by molar-refractivity contribution is 5.81. The fourth-order valence-electron chi connectivity index (χ4n) is 6.28. The first-order valence-electron chi connectivity index (χ1n) is 11.9. The van der Waals surface area contributed by atoms with Gasteiger partial charge in [0.2, 0.25) is 0 Å². The van der Waals surface area contributed by atoms with Crippen LogP contribution >= 0.6 is 0 Å². The van der Waals surface area contributed by atoms with E-state index in [0.29, 0.717) is 6.42 Å². The quantitative estimate of drug-likeness (QED) is 0.357. The lowest BCUT2D eigenvalue weighted by Crippen LogP contribution is -2.45. The second-order valence-electron chi connectivity index (χ2n) is 9.38. The molecule has 2 N–H and O–H groups in total. The first kappa shape index (κ1) is 20.4. The molecule has 1 unspecified atom stereocenters. The Labute approximate surface area is 195 Å². The second kappa shape index (κ2) is 7.69. The summed E-state index contributed by atoms with van der Waals surface area (Å²) < 4.78 is 0. The summed E-state index contributed by atoms with van der Waals surface area (Å²) in [6.07, 6.45) is 1.52. The molecule has 2 heteroatoms. The first-order valence-corrected chi connectivity index (χ1v) is 11.9. The summed E-state index contributed by atoms with van der Waals surface area (Å²) in [5.41, 5.74) is 11.3. The van der Waals surface area contributed by atoms with Gasteiger partial charge in [-0.1, -0.05) is 91.9 Å². The zero-order chi connectivity index (χ0) is 22.6. The van der Waals surface area contributed by atoms with Crippen LogP contribution in [0.2, 0.25) is 0 Å². The van der Waals surface area contributed by atoms with Crippen LogP contribution in [0, 0.1) is 0 Å². The number of fused-ring (bicyclic) bond motifs is 6. The molecule has 0 saturated heterocycles. The van der Waals surface area contributed by atoms with Crippen molar-refractivity contribution in [1.82, 2.24) is 0 Å². The van der Waals surface area contributed by atoms with Gasteiger partial charge in [0.05, 0.1) is 18.1 Å². The maximum absolute atomic E-state index is 11.6. The average Bonchev–Trinajstić information content (AvgIpc) is 3.44. The molecule has 2 nitrogen and oxygen atoms in total. The van der Waals surface area contributed by atoms with E-state index in [4.69, 9.17) is 0 Å². The van der Waals surface area contributed by atoms with Gasteiger partial charge in [0, 0.05) is 0 Å². The Balaban J connectivity index is 1.62. The Kier molecular flexibility index (Phi) is 4.76. The number of hydrogen-bond acceptors (Lipinski definition) is 2. The molecule has 0 bridgehead atoms. The number of benzene rings is 4. The minimum Gasteiger partial charge on any atom is -0.395 e. The van der Waals surface area contributed by atoms with Gasteiger partial charge >= 0.3 is 0 Å². The van der Waals surface area contributed by atoms with E-state index in [9.17, 15) is 10.2 Å². The van der Waals surface area contributed by atoms with Crippen LogP contribution in [0.1, 0.15) is 46.7 Å². The molecular weight excluding hydrogens is 404 g/mol. The Hall–Kier alpha value is -3.20. The largest absolute Gasteiger partial charge is 0.395 e. The molecule has 4 aromatic carbocycles. The summed E-state index contributed by atoms with van der Waals surface area (Å²) in [6.45, 7) is 1.87. The molecular formula is C31H28O2. The molecule has 0 radical (unpaired) electrons. The van der Waals surface area contributed by atoms with Crippen molar-refractivity contribution in [3.05, 3.63) is 118 Å². The van der Waals surface area contributed by atoms with Gasteiger partial charge in [-0.15, -0.1) is 0 Å². The molecule has 0 amide bonds. The van der Waals surface area contributed by atoms with Crippen molar-refractivity contribution in [2.45, 2.75) is 37.7 Å². The van der Waals surface area contributed by atoms with Crippen molar-refractivity contribution in [1.29, 1.82) is 0 Å². The van der Waals surface area contributed by atoms with Crippen LogP contribution in [0.3, 0.4) is 0 Å². The molecule has 6 rings (SSSR count). The lowest BCUT2D eigenvalue weighted by atomic mass is 9.66. The van der Waals surface area contributed by atoms with Crippen molar-refractivity contribution in [3.8, 4) is 22.3 Å². The third kappa shape index (κ3) is 2.81. The summed E-state index contributed by atoms with van der Waals surface area (Å²) in [5.74, 6) is 0. The van der Waals surface area contributed by atoms with Gasteiger partial charge in [-0.3, -0.25) is 0 Å². The molecule has 2 aliphatic rings. The van der Waals surface area contributed by atoms with Gasteiger partial charge in [-0.25, -0.2) is 0 Å². The molecule has 4 aromatic rings. The Morgan fingerprint density at radius 1 is 0.667 bits per heavy atom. The highest BCUT2D eigenvalue weighted by Gasteiger charge is 2.45. The van der Waals surface area contributed by atoms with Crippen molar-refractivity contribution >= 4 is 0 Å². The molecule has 0 fully saturated rings. The zero-order valence-corrected chi connectivity index (χ0v) is 18.9. The lowest BCUT2D eigenvalue weighted by Gasteiger charge is -2.40. The smallest absolute Gasteiger partial charge is 0.0698 e. The molecule has 164 valence electrons. The topological polar surface area (TPSA) is 40.5 Å². The summed E-state index contributed by atoms with van der Waals surface area (Å²) in [4.78, 5) is 0. The van der Waals surface area contributed by atoms with E-state index in [1.54, 1.807) is 0 Å². The fourth-order valence-corrected chi connectivity index (χ4v) is 6.28. The maximum atomic E-state index is 11.6. The first-order chi connectivity index (χ1) is 16.2. The highest BCUT2D eigenvalue weighted by atomic mass is 16.3. The fraction of sp³-hybridized carbons (Fsp3) is 0.226. The molecule has 0 aliphatic heterocycles. The molecule has 33 heavy (non-hydrogen) atoms. The molecule has 0 spiro atoms. The Bertz CT molecular complexity index is 1270. The second-order valence-corrected chi connectivity index (χ2v) is 9.38. The SMILES string of the molecule is CCC(O)C(CO)(c1cccc2c1Cc1ccccc1-2)c1cccc2c1Cc1ccccc1-2. The molecule has 1 atom stereocenters. The van der Waals surface area contributed by atoms with E-state index < -0.39 is 11.5 Å². The lowest BCUT2D eigenvalue weighted by molar-refractivity contribution is 0.0573. The van der Waals surface area contributed by atoms with Crippen LogP contribution in [0.25, 0.3) is 22.3 Å². The summed E-state index contributed by atoms with van der Waals surface area (Å²) in [6, 6.07) is 29.9. The minimum absolute atomic E-state index is 0.137. The van der Waals surface area contributed by atoms with E-state index in [0.717, 1.165) is 24.0 Å². The number of hydrogen-bond donors (Lipinski definition) is 2. The predicted octanol–water partition coefficient (Wildman–Crippen LogP) is 5.88. The van der Waals surface area contributed by atoms with Crippen LogP contribution in [0.5, 0.6) is 0 Å². The average molecular weight is 433 g/mol. The van der Waals surface area contributed by atoms with E-state index in [2.05, 4.69) is 84.9 Å². The van der Waals surface area contributed by atoms with Crippen molar-refractivity contribution in [2.24, 2.45) is 0 Å². The maximum Gasteiger partial charge on any atom is 0.0698 e. The van der Waals surface area contributed by atoms with Crippen molar-refractivity contribution < 1.29 is 10.2 Å². The van der Waals surface area contributed by atoms with Gasteiger partial charge < -0.3 is 10.2 Å². The molecule has 0 heterocycles. The third-order valence-electron chi connectivity index (χ3n) is 7.87. The van der Waals surface area contributed by atoms with Crippen molar-refractivity contribution in [3.63, 3.8) is 0 Å². The van der Waals surface area contributed by atoms with E-state index in [1.807, 2.05) is 6.92 Å². The number of aliphatic hydroxyl groups is 2. The van der Waals surface area contributed by atoms with Crippen LogP contribution in [-0.4, -0.2) is 22.9 Å². The Morgan fingerprint density at radius 2 is 1.12 bits per heavy atom. The molecule has 2 aliphatic carbocycles. The Morgan fingerprint density at radius 3 is 1.58 bits per heavy atom. The van der Waals surface area contributed by atoms with Crippen molar-refractivity contribution in [2.75, 3.05) is 6.61 Å². The van der Waals surface area contributed by atoms with Gasteiger partial charge in [0.15, 0.2) is 0 Å². The third-order valence-corrected chi connectivity index (χ3v) is 7.87.